The Labute approximate surface area is 153 Å². The Morgan fingerprint density at radius 3 is 2.52 bits per heavy atom. The van der Waals surface area contributed by atoms with Gasteiger partial charge in [-0.05, 0) is 18.1 Å². The number of hydrogen-bond acceptors (Lipinski definition) is 5. The SMILES string of the molecule is CC(C)[C@H](NC(=O)c1cc(COc2c(Cl)cccc2Cl)on1)C(=O)O. The molecule has 0 aliphatic heterocycles. The minimum absolute atomic E-state index is 0.0454. The lowest BCUT2D eigenvalue weighted by molar-refractivity contribution is -0.140. The molecule has 0 unspecified atom stereocenters. The van der Waals surface area contributed by atoms with E-state index in [4.69, 9.17) is 37.6 Å². The number of benzene rings is 1. The maximum atomic E-state index is 12.1. The van der Waals surface area contributed by atoms with Crippen LogP contribution < -0.4 is 10.1 Å². The van der Waals surface area contributed by atoms with E-state index in [-0.39, 0.29) is 24.0 Å². The van der Waals surface area contributed by atoms with Gasteiger partial charge in [-0.15, -0.1) is 0 Å². The van der Waals surface area contributed by atoms with Crippen molar-refractivity contribution in [3.8, 4) is 5.75 Å². The summed E-state index contributed by atoms with van der Waals surface area (Å²) >= 11 is 12.0. The normalized spacial score (nSPS) is 12.0. The average Bonchev–Trinajstić information content (AvgIpc) is 3.00. The van der Waals surface area contributed by atoms with Crippen LogP contribution in [0.4, 0.5) is 0 Å². The quantitative estimate of drug-likeness (QED) is 0.755. The molecule has 2 rings (SSSR count). The van der Waals surface area contributed by atoms with E-state index in [0.29, 0.717) is 15.8 Å². The van der Waals surface area contributed by atoms with E-state index >= 15 is 0 Å². The number of carboxylic acids is 1. The van der Waals surface area contributed by atoms with E-state index in [9.17, 15) is 9.59 Å². The van der Waals surface area contributed by atoms with Crippen LogP contribution >= 0.6 is 23.2 Å². The van der Waals surface area contributed by atoms with Crippen LogP contribution in [0.1, 0.15) is 30.1 Å². The molecule has 0 aliphatic rings. The monoisotopic (exact) mass is 386 g/mol. The summed E-state index contributed by atoms with van der Waals surface area (Å²) in [6.45, 7) is 3.33. The number of ether oxygens (including phenoxy) is 1. The number of carbonyl (C=O) groups is 2. The third-order valence-electron chi connectivity index (χ3n) is 3.29. The first-order chi connectivity index (χ1) is 11.8. The summed E-state index contributed by atoms with van der Waals surface area (Å²) in [5.74, 6) is -1.49. The Balaban J connectivity index is 2.02. The van der Waals surface area contributed by atoms with Crippen molar-refractivity contribution in [2.24, 2.45) is 5.92 Å². The van der Waals surface area contributed by atoms with Gasteiger partial charge in [0.2, 0.25) is 0 Å². The number of aromatic nitrogens is 1. The molecule has 0 bridgehead atoms. The molecule has 2 N–H and O–H groups in total. The van der Waals surface area contributed by atoms with Gasteiger partial charge in [-0.1, -0.05) is 48.3 Å². The highest BCUT2D eigenvalue weighted by Crippen LogP contribution is 2.32. The molecule has 1 aromatic carbocycles. The van der Waals surface area contributed by atoms with Crippen LogP contribution in [0.3, 0.4) is 0 Å². The molecule has 1 heterocycles. The number of para-hydroxylation sites is 1. The maximum Gasteiger partial charge on any atom is 0.326 e. The standard InChI is InChI=1S/C16H16Cl2N2O5/c1-8(2)13(16(22)23)19-15(21)12-6-9(25-20-12)7-24-14-10(17)4-3-5-11(14)18/h3-6,8,13H,7H2,1-2H3,(H,19,21)(H,22,23)/t13-/m0/s1. The Hall–Kier alpha value is -2.25. The van der Waals surface area contributed by atoms with Gasteiger partial charge in [0.25, 0.3) is 5.91 Å². The number of hydrogen-bond donors (Lipinski definition) is 2. The fourth-order valence-corrected chi connectivity index (χ4v) is 2.49. The van der Waals surface area contributed by atoms with Crippen molar-refractivity contribution < 1.29 is 24.0 Å². The lowest BCUT2D eigenvalue weighted by Gasteiger charge is -2.16. The van der Waals surface area contributed by atoms with Gasteiger partial charge >= 0.3 is 5.97 Å². The maximum absolute atomic E-state index is 12.1. The molecule has 0 saturated carbocycles. The number of rotatable bonds is 7. The second-order valence-corrected chi connectivity index (χ2v) is 6.37. The Kier molecular flexibility index (Phi) is 6.27. The molecule has 134 valence electrons. The van der Waals surface area contributed by atoms with Gasteiger partial charge in [0.15, 0.2) is 17.2 Å². The van der Waals surface area contributed by atoms with Crippen molar-refractivity contribution in [1.29, 1.82) is 0 Å². The van der Waals surface area contributed by atoms with Crippen molar-refractivity contribution in [3.05, 3.63) is 45.8 Å². The summed E-state index contributed by atoms with van der Waals surface area (Å²) in [5.41, 5.74) is -0.0456. The van der Waals surface area contributed by atoms with Gasteiger partial charge in [0, 0.05) is 6.07 Å². The first-order valence-electron chi connectivity index (χ1n) is 7.35. The van der Waals surface area contributed by atoms with E-state index in [1.54, 1.807) is 32.0 Å². The molecule has 2 aromatic rings. The summed E-state index contributed by atoms with van der Waals surface area (Å²) in [4.78, 5) is 23.2. The summed E-state index contributed by atoms with van der Waals surface area (Å²) < 4.78 is 10.5. The van der Waals surface area contributed by atoms with Gasteiger partial charge in [-0.2, -0.15) is 0 Å². The molecule has 9 heteroatoms. The first kappa shape index (κ1) is 19.1. The fourth-order valence-electron chi connectivity index (χ4n) is 1.98. The van der Waals surface area contributed by atoms with Crippen LogP contribution in [-0.4, -0.2) is 28.2 Å². The predicted molar refractivity (Wildman–Crippen MR) is 91.0 cm³/mol. The summed E-state index contributed by atoms with van der Waals surface area (Å²) in [5, 5.41) is 15.8. The third-order valence-corrected chi connectivity index (χ3v) is 3.88. The van der Waals surface area contributed by atoms with Crippen molar-refractivity contribution >= 4 is 35.1 Å². The first-order valence-corrected chi connectivity index (χ1v) is 8.11. The van der Waals surface area contributed by atoms with Crippen molar-refractivity contribution in [1.82, 2.24) is 10.5 Å². The predicted octanol–water partition coefficient (Wildman–Crippen LogP) is 3.40. The smallest absolute Gasteiger partial charge is 0.326 e. The number of carboxylic acid groups (broad SMARTS) is 1. The molecule has 7 nitrogen and oxygen atoms in total. The average molecular weight is 387 g/mol. The van der Waals surface area contributed by atoms with Gasteiger partial charge in [-0.25, -0.2) is 4.79 Å². The molecule has 0 spiro atoms. The van der Waals surface area contributed by atoms with Gasteiger partial charge < -0.3 is 19.7 Å². The van der Waals surface area contributed by atoms with E-state index in [0.717, 1.165) is 0 Å². The molecule has 0 radical (unpaired) electrons. The van der Waals surface area contributed by atoms with E-state index in [1.165, 1.54) is 6.07 Å². The Morgan fingerprint density at radius 2 is 1.96 bits per heavy atom. The van der Waals surface area contributed by atoms with E-state index in [1.807, 2.05) is 0 Å². The van der Waals surface area contributed by atoms with Crippen molar-refractivity contribution in [3.63, 3.8) is 0 Å². The molecule has 0 fully saturated rings. The lowest BCUT2D eigenvalue weighted by atomic mass is 10.0. The molecule has 1 amide bonds. The highest BCUT2D eigenvalue weighted by molar-refractivity contribution is 6.37. The molecule has 1 aromatic heterocycles. The summed E-state index contributed by atoms with van der Waals surface area (Å²) in [7, 11) is 0. The molecule has 0 aliphatic carbocycles. The molecule has 25 heavy (non-hydrogen) atoms. The highest BCUT2D eigenvalue weighted by atomic mass is 35.5. The summed E-state index contributed by atoms with van der Waals surface area (Å²) in [6.07, 6.45) is 0. The van der Waals surface area contributed by atoms with Crippen molar-refractivity contribution in [2.75, 3.05) is 0 Å². The number of aliphatic carboxylic acids is 1. The molecule has 0 saturated heterocycles. The highest BCUT2D eigenvalue weighted by Gasteiger charge is 2.25. The number of halogens is 2. The largest absolute Gasteiger partial charge is 0.482 e. The molecular weight excluding hydrogens is 371 g/mol. The Morgan fingerprint density at radius 1 is 1.32 bits per heavy atom. The van der Waals surface area contributed by atoms with E-state index < -0.39 is 17.9 Å². The Bertz CT molecular complexity index is 755. The minimum Gasteiger partial charge on any atom is -0.482 e. The minimum atomic E-state index is -1.12. The number of amides is 1. The van der Waals surface area contributed by atoms with Crippen LogP contribution in [-0.2, 0) is 11.4 Å². The molecular formula is C16H16Cl2N2O5. The van der Waals surface area contributed by atoms with Crippen LogP contribution in [0.25, 0.3) is 0 Å². The second-order valence-electron chi connectivity index (χ2n) is 5.55. The van der Waals surface area contributed by atoms with Crippen LogP contribution in [0.15, 0.2) is 28.8 Å². The van der Waals surface area contributed by atoms with E-state index in [2.05, 4.69) is 10.5 Å². The zero-order chi connectivity index (χ0) is 18.6. The lowest BCUT2D eigenvalue weighted by Crippen LogP contribution is -2.44. The fraction of sp³-hybridized carbons (Fsp3) is 0.312. The van der Waals surface area contributed by atoms with Gasteiger partial charge in [0.1, 0.15) is 12.6 Å². The summed E-state index contributed by atoms with van der Waals surface area (Å²) in [6, 6.07) is 5.27. The number of nitrogens with zero attached hydrogens (tertiary/aromatic N) is 1. The molecule has 1 atom stereocenters. The topological polar surface area (TPSA) is 102 Å². The van der Waals surface area contributed by atoms with Crippen molar-refractivity contribution in [2.45, 2.75) is 26.5 Å². The zero-order valence-electron chi connectivity index (χ0n) is 13.5. The van der Waals surface area contributed by atoms with Gasteiger partial charge in [-0.3, -0.25) is 4.79 Å². The number of carbonyl (C=O) groups excluding carboxylic acids is 1. The third kappa shape index (κ3) is 4.87. The second kappa shape index (κ2) is 8.22. The number of nitrogens with one attached hydrogen (secondary N) is 1. The van der Waals surface area contributed by atoms with Crippen LogP contribution in [0, 0.1) is 5.92 Å². The van der Waals surface area contributed by atoms with Crippen LogP contribution in [0.5, 0.6) is 5.75 Å². The van der Waals surface area contributed by atoms with Gasteiger partial charge in [0.05, 0.1) is 10.0 Å². The zero-order valence-corrected chi connectivity index (χ0v) is 15.0. The van der Waals surface area contributed by atoms with Crippen LogP contribution in [0.2, 0.25) is 10.0 Å².